The van der Waals surface area contributed by atoms with E-state index in [1.165, 1.54) is 18.7 Å². The number of ether oxygens (including phenoxy) is 1. The lowest BCUT2D eigenvalue weighted by atomic mass is 9.89. The molecule has 3 nitrogen and oxygen atoms in total. The summed E-state index contributed by atoms with van der Waals surface area (Å²) in [5, 5.41) is 0. The van der Waals surface area contributed by atoms with Gasteiger partial charge >= 0.3 is 0 Å². The van der Waals surface area contributed by atoms with Crippen LogP contribution in [0.3, 0.4) is 0 Å². The Kier molecular flexibility index (Phi) is 2.93. The van der Waals surface area contributed by atoms with E-state index in [-0.39, 0.29) is 29.4 Å². The van der Waals surface area contributed by atoms with Crippen LogP contribution in [0.15, 0.2) is 42.5 Å². The Morgan fingerprint density at radius 3 is 2.77 bits per heavy atom. The zero-order valence-corrected chi connectivity index (χ0v) is 12.3. The first-order valence-electron chi connectivity index (χ1n) is 7.42. The number of halogens is 1. The molecular formula is C18H16FNO2. The zero-order chi connectivity index (χ0) is 15.3. The van der Waals surface area contributed by atoms with Gasteiger partial charge in [-0.3, -0.25) is 4.79 Å². The molecule has 22 heavy (non-hydrogen) atoms. The predicted octanol–water partition coefficient (Wildman–Crippen LogP) is 3.28. The van der Waals surface area contributed by atoms with Gasteiger partial charge in [0.15, 0.2) is 11.6 Å². The van der Waals surface area contributed by atoms with E-state index in [0.717, 1.165) is 17.7 Å². The molecule has 0 unspecified atom stereocenters. The minimum atomic E-state index is -0.374. The smallest absolute Gasteiger partial charge is 0.227 e. The minimum Gasteiger partial charge on any atom is -0.494 e. The first kappa shape index (κ1) is 13.3. The Balaban J connectivity index is 1.71. The molecule has 4 rings (SSSR count). The van der Waals surface area contributed by atoms with Crippen molar-refractivity contribution in [3.8, 4) is 5.75 Å². The molecule has 0 saturated carbocycles. The van der Waals surface area contributed by atoms with Crippen LogP contribution in [0.2, 0.25) is 0 Å². The molecule has 2 atom stereocenters. The van der Waals surface area contributed by atoms with E-state index in [0.29, 0.717) is 6.42 Å². The summed E-state index contributed by atoms with van der Waals surface area (Å²) in [6.07, 6.45) is 1.27. The first-order valence-corrected chi connectivity index (χ1v) is 7.42. The highest BCUT2D eigenvalue weighted by atomic mass is 19.1. The third-order valence-corrected chi connectivity index (χ3v) is 4.74. The molecule has 0 aromatic heterocycles. The van der Waals surface area contributed by atoms with E-state index in [1.807, 2.05) is 29.2 Å². The number of para-hydroxylation sites is 1. The zero-order valence-electron chi connectivity index (χ0n) is 12.3. The van der Waals surface area contributed by atoms with Gasteiger partial charge in [-0.1, -0.05) is 24.3 Å². The second kappa shape index (κ2) is 4.83. The average molecular weight is 297 g/mol. The predicted molar refractivity (Wildman–Crippen MR) is 81.7 cm³/mol. The monoisotopic (exact) mass is 297 g/mol. The van der Waals surface area contributed by atoms with Crippen LogP contribution < -0.4 is 9.64 Å². The van der Waals surface area contributed by atoms with E-state index in [2.05, 4.69) is 6.07 Å². The normalized spacial score (nSPS) is 22.6. The highest BCUT2D eigenvalue weighted by Crippen LogP contribution is 2.45. The number of rotatable bonds is 2. The summed E-state index contributed by atoms with van der Waals surface area (Å²) >= 11 is 0. The number of methoxy groups -OCH3 is 1. The minimum absolute atomic E-state index is 0.0281. The van der Waals surface area contributed by atoms with Gasteiger partial charge < -0.3 is 9.64 Å². The van der Waals surface area contributed by atoms with E-state index >= 15 is 0 Å². The standard InChI is InChI=1S/C18H16FNO2/c1-22-17-7-6-11(8-14(17)19)13-10-18(21)20-15-5-3-2-4-12(15)9-16(13)20/h2-8,13,16H,9-10H2,1H3/t13-,16+/m0/s1. The maximum absolute atomic E-state index is 14.0. The summed E-state index contributed by atoms with van der Waals surface area (Å²) in [7, 11) is 1.45. The molecule has 0 aliphatic carbocycles. The average Bonchev–Trinajstić information content (AvgIpc) is 3.05. The Hall–Kier alpha value is -2.36. The van der Waals surface area contributed by atoms with Gasteiger partial charge in [-0.05, 0) is 35.7 Å². The second-order valence-corrected chi connectivity index (χ2v) is 5.87. The van der Waals surface area contributed by atoms with Crippen molar-refractivity contribution in [2.24, 2.45) is 0 Å². The molecule has 0 N–H and O–H groups in total. The Labute approximate surface area is 128 Å². The number of hydrogen-bond donors (Lipinski definition) is 0. The van der Waals surface area contributed by atoms with Crippen molar-refractivity contribution in [2.75, 3.05) is 12.0 Å². The quantitative estimate of drug-likeness (QED) is 0.851. The Morgan fingerprint density at radius 2 is 2.00 bits per heavy atom. The van der Waals surface area contributed by atoms with Gasteiger partial charge in [-0.25, -0.2) is 4.39 Å². The van der Waals surface area contributed by atoms with Gasteiger partial charge in [0.2, 0.25) is 5.91 Å². The van der Waals surface area contributed by atoms with Crippen molar-refractivity contribution in [1.82, 2.24) is 0 Å². The molecule has 2 heterocycles. The number of amides is 1. The molecule has 0 radical (unpaired) electrons. The highest BCUT2D eigenvalue weighted by Gasteiger charge is 2.45. The van der Waals surface area contributed by atoms with Crippen LogP contribution in [-0.4, -0.2) is 19.1 Å². The molecule has 2 aliphatic heterocycles. The van der Waals surface area contributed by atoms with E-state index in [1.54, 1.807) is 6.07 Å². The largest absolute Gasteiger partial charge is 0.494 e. The third kappa shape index (κ3) is 1.83. The third-order valence-electron chi connectivity index (χ3n) is 4.74. The molecule has 2 aromatic carbocycles. The molecular weight excluding hydrogens is 281 g/mol. The highest BCUT2D eigenvalue weighted by molar-refractivity contribution is 5.99. The van der Waals surface area contributed by atoms with Crippen LogP contribution in [0, 0.1) is 5.82 Å². The maximum atomic E-state index is 14.0. The number of nitrogens with zero attached hydrogens (tertiary/aromatic N) is 1. The van der Waals surface area contributed by atoms with Crippen molar-refractivity contribution in [3.63, 3.8) is 0 Å². The van der Waals surface area contributed by atoms with Crippen molar-refractivity contribution >= 4 is 11.6 Å². The molecule has 1 amide bonds. The van der Waals surface area contributed by atoms with Gasteiger partial charge in [0.05, 0.1) is 7.11 Å². The number of carbonyl (C=O) groups is 1. The summed E-state index contributed by atoms with van der Waals surface area (Å²) in [5.41, 5.74) is 3.07. The van der Waals surface area contributed by atoms with Crippen molar-refractivity contribution in [3.05, 3.63) is 59.4 Å². The van der Waals surface area contributed by atoms with Crippen molar-refractivity contribution in [2.45, 2.75) is 24.8 Å². The molecule has 1 saturated heterocycles. The number of anilines is 1. The van der Waals surface area contributed by atoms with Gasteiger partial charge in [-0.2, -0.15) is 0 Å². The molecule has 0 spiro atoms. The van der Waals surface area contributed by atoms with Gasteiger partial charge in [-0.15, -0.1) is 0 Å². The van der Waals surface area contributed by atoms with E-state index < -0.39 is 0 Å². The fraction of sp³-hybridized carbons (Fsp3) is 0.278. The molecule has 4 heteroatoms. The SMILES string of the molecule is COc1ccc([C@@H]2CC(=O)N3c4ccccc4C[C@H]23)cc1F. The molecule has 0 bridgehead atoms. The van der Waals surface area contributed by atoms with E-state index in [9.17, 15) is 9.18 Å². The van der Waals surface area contributed by atoms with Gasteiger partial charge in [0.1, 0.15) is 0 Å². The molecule has 1 fully saturated rings. The van der Waals surface area contributed by atoms with Crippen LogP contribution in [0.25, 0.3) is 0 Å². The van der Waals surface area contributed by atoms with Crippen molar-refractivity contribution < 1.29 is 13.9 Å². The fourth-order valence-electron chi connectivity index (χ4n) is 3.73. The Bertz CT molecular complexity index is 759. The summed E-state index contributed by atoms with van der Waals surface area (Å²) in [6.45, 7) is 0. The van der Waals surface area contributed by atoms with Gasteiger partial charge in [0.25, 0.3) is 0 Å². The summed E-state index contributed by atoms with van der Waals surface area (Å²) in [6, 6.07) is 13.1. The summed E-state index contributed by atoms with van der Waals surface area (Å²) in [5.74, 6) is 0.0116. The number of carbonyl (C=O) groups excluding carboxylic acids is 1. The lowest BCUT2D eigenvalue weighted by Crippen LogP contribution is -2.31. The van der Waals surface area contributed by atoms with Gasteiger partial charge in [0, 0.05) is 24.1 Å². The van der Waals surface area contributed by atoms with Crippen LogP contribution in [0.1, 0.15) is 23.5 Å². The lowest BCUT2D eigenvalue weighted by Gasteiger charge is -2.21. The summed E-state index contributed by atoms with van der Waals surface area (Å²) < 4.78 is 19.0. The summed E-state index contributed by atoms with van der Waals surface area (Å²) in [4.78, 5) is 14.3. The maximum Gasteiger partial charge on any atom is 0.227 e. The van der Waals surface area contributed by atoms with E-state index in [4.69, 9.17) is 4.74 Å². The Morgan fingerprint density at radius 1 is 1.18 bits per heavy atom. The van der Waals surface area contributed by atoms with Crippen LogP contribution >= 0.6 is 0 Å². The number of hydrogen-bond acceptors (Lipinski definition) is 2. The molecule has 2 aromatic rings. The van der Waals surface area contributed by atoms with Crippen molar-refractivity contribution in [1.29, 1.82) is 0 Å². The van der Waals surface area contributed by atoms with Crippen LogP contribution in [0.5, 0.6) is 5.75 Å². The molecule has 2 aliphatic rings. The first-order chi connectivity index (χ1) is 10.7. The second-order valence-electron chi connectivity index (χ2n) is 5.87. The van der Waals surface area contributed by atoms with Crippen LogP contribution in [0.4, 0.5) is 10.1 Å². The lowest BCUT2D eigenvalue weighted by molar-refractivity contribution is -0.117. The number of fused-ring (bicyclic) bond motifs is 3. The molecule has 112 valence electrons. The fourth-order valence-corrected chi connectivity index (χ4v) is 3.73. The van der Waals surface area contributed by atoms with Crippen LogP contribution in [-0.2, 0) is 11.2 Å². The number of benzene rings is 2. The topological polar surface area (TPSA) is 29.5 Å².